The van der Waals surface area contributed by atoms with Crippen molar-refractivity contribution in [2.75, 3.05) is 0 Å². The van der Waals surface area contributed by atoms with Crippen molar-refractivity contribution in [3.8, 4) is 0 Å². The van der Waals surface area contributed by atoms with Crippen LogP contribution in [-0.2, 0) is 6.42 Å². The predicted molar refractivity (Wildman–Crippen MR) is 41.4 cm³/mol. The molecule has 0 aromatic heterocycles. The fourth-order valence-corrected chi connectivity index (χ4v) is 0.814. The fraction of sp³-hybridized carbons (Fsp3) is 0.125. The van der Waals surface area contributed by atoms with Crippen molar-refractivity contribution in [1.29, 1.82) is 0 Å². The number of rotatable bonds is 2. The van der Waals surface area contributed by atoms with Crippen LogP contribution >= 0.6 is 0 Å². The molecule has 0 spiro atoms. The maximum Gasteiger partial charge on any atom is 0.451 e. The minimum absolute atomic E-state index is 0.267. The van der Waals surface area contributed by atoms with Gasteiger partial charge in [-0.05, 0) is 5.56 Å². The molecule has 0 unspecified atom stereocenters. The summed E-state index contributed by atoms with van der Waals surface area (Å²) in [7, 11) is 0. The summed E-state index contributed by atoms with van der Waals surface area (Å²) in [6.07, 6.45) is 0.275. The first-order valence-electron chi connectivity index (χ1n) is 3.27. The summed E-state index contributed by atoms with van der Waals surface area (Å²) in [4.78, 5) is 2.66. The number of aliphatic hydroxyl groups is 1. The summed E-state index contributed by atoms with van der Waals surface area (Å²) in [5.41, 5.74) is 9.05. The molecule has 0 bridgehead atoms. The van der Waals surface area contributed by atoms with E-state index in [0.717, 1.165) is 5.56 Å². The van der Waals surface area contributed by atoms with Gasteiger partial charge in [-0.2, -0.15) is 0 Å². The zero-order valence-electron chi connectivity index (χ0n) is 5.94. The van der Waals surface area contributed by atoms with E-state index in [-0.39, 0.29) is 12.3 Å². The molecular weight excluding hydrogens is 140 g/mol. The molecule has 0 aliphatic rings. The zero-order valence-corrected chi connectivity index (χ0v) is 5.94. The normalized spacial score (nSPS) is 8.73. The van der Waals surface area contributed by atoms with E-state index < -0.39 is 0 Å². The highest BCUT2D eigenvalue weighted by atomic mass is 16.3. The van der Waals surface area contributed by atoms with Crippen molar-refractivity contribution < 1.29 is 9.90 Å². The van der Waals surface area contributed by atoms with Crippen LogP contribution in [-0.4, -0.2) is 15.8 Å². The molecule has 0 saturated heterocycles. The third-order valence-electron chi connectivity index (χ3n) is 1.32. The average Bonchev–Trinajstić information content (AvgIpc) is 2.06. The second-order valence-corrected chi connectivity index (χ2v) is 2.18. The first-order chi connectivity index (χ1) is 5.33. The summed E-state index contributed by atoms with van der Waals surface area (Å²) in [5, 5.41) is 8.81. The van der Waals surface area contributed by atoms with E-state index in [1.54, 1.807) is 0 Å². The largest absolute Gasteiger partial charge is 0.451 e. The summed E-state index contributed by atoms with van der Waals surface area (Å²) < 4.78 is 0. The van der Waals surface area contributed by atoms with Crippen molar-refractivity contribution in [3.05, 3.63) is 41.4 Å². The van der Waals surface area contributed by atoms with Crippen LogP contribution in [0.25, 0.3) is 5.53 Å². The van der Waals surface area contributed by atoms with E-state index in [4.69, 9.17) is 10.6 Å². The summed E-state index contributed by atoms with van der Waals surface area (Å²) in [6.45, 7) is 0. The summed E-state index contributed by atoms with van der Waals surface area (Å²) in [5.74, 6) is -0.267. The molecule has 56 valence electrons. The van der Waals surface area contributed by atoms with Gasteiger partial charge in [0.05, 0.1) is 0 Å². The summed E-state index contributed by atoms with van der Waals surface area (Å²) >= 11 is 0. The SMILES string of the molecule is [N-]=[N+]=C(O)Cc1ccccc1. The van der Waals surface area contributed by atoms with Gasteiger partial charge in [0.1, 0.15) is 6.42 Å². The lowest BCUT2D eigenvalue weighted by Gasteiger charge is -1.90. The van der Waals surface area contributed by atoms with Gasteiger partial charge in [-0.25, -0.2) is 0 Å². The van der Waals surface area contributed by atoms with E-state index >= 15 is 0 Å². The lowest BCUT2D eigenvalue weighted by molar-refractivity contribution is -0.0327. The average molecular weight is 148 g/mol. The molecule has 11 heavy (non-hydrogen) atoms. The first-order valence-corrected chi connectivity index (χ1v) is 3.27. The van der Waals surface area contributed by atoms with Gasteiger partial charge >= 0.3 is 5.90 Å². The van der Waals surface area contributed by atoms with Gasteiger partial charge in [0.2, 0.25) is 0 Å². The van der Waals surface area contributed by atoms with Crippen LogP contribution in [0.5, 0.6) is 0 Å². The molecule has 0 radical (unpaired) electrons. The number of hydrogen-bond acceptors (Lipinski definition) is 0. The highest BCUT2D eigenvalue weighted by Gasteiger charge is 2.03. The Bertz CT molecular complexity index is 275. The van der Waals surface area contributed by atoms with Gasteiger partial charge in [-0.15, -0.1) is 4.79 Å². The van der Waals surface area contributed by atoms with Crippen molar-refractivity contribution in [2.45, 2.75) is 6.42 Å². The number of nitrogens with zero attached hydrogens (tertiary/aromatic N) is 2. The smallest absolute Gasteiger partial charge is 0.451 e. The molecule has 1 aromatic rings. The highest BCUT2D eigenvalue weighted by Crippen LogP contribution is 1.98. The third-order valence-corrected chi connectivity index (χ3v) is 1.32. The Hall–Kier alpha value is -1.60. The van der Waals surface area contributed by atoms with E-state index in [1.165, 1.54) is 0 Å². The third kappa shape index (κ3) is 2.24. The molecule has 3 heteroatoms. The fourth-order valence-electron chi connectivity index (χ4n) is 0.814. The molecule has 0 aliphatic heterocycles. The maximum absolute atomic E-state index is 8.81. The molecule has 1 N–H and O–H groups in total. The van der Waals surface area contributed by atoms with Crippen molar-refractivity contribution in [1.82, 2.24) is 0 Å². The molecule has 0 amide bonds. The monoisotopic (exact) mass is 148 g/mol. The molecular formula is C8H8N2O. The van der Waals surface area contributed by atoms with Crippen molar-refractivity contribution >= 4 is 5.90 Å². The van der Waals surface area contributed by atoms with E-state index in [2.05, 4.69) is 4.79 Å². The lowest BCUT2D eigenvalue weighted by Crippen LogP contribution is -2.01. The van der Waals surface area contributed by atoms with Crippen LogP contribution in [0.2, 0.25) is 0 Å². The second-order valence-electron chi connectivity index (χ2n) is 2.18. The van der Waals surface area contributed by atoms with Crippen LogP contribution in [0, 0.1) is 0 Å². The van der Waals surface area contributed by atoms with Gasteiger partial charge in [0.15, 0.2) is 0 Å². The zero-order chi connectivity index (χ0) is 8.10. The molecule has 0 saturated carbocycles. The van der Waals surface area contributed by atoms with Gasteiger partial charge in [0, 0.05) is 0 Å². The van der Waals surface area contributed by atoms with Crippen LogP contribution < -0.4 is 0 Å². The molecule has 0 heterocycles. The Kier molecular flexibility index (Phi) is 2.42. The Morgan fingerprint density at radius 3 is 2.55 bits per heavy atom. The predicted octanol–water partition coefficient (Wildman–Crippen LogP) is 1.42. The van der Waals surface area contributed by atoms with E-state index in [9.17, 15) is 0 Å². The first kappa shape index (κ1) is 7.51. The number of hydrogen-bond donors (Lipinski definition) is 1. The van der Waals surface area contributed by atoms with Gasteiger partial charge < -0.3 is 10.6 Å². The van der Waals surface area contributed by atoms with Gasteiger partial charge in [-0.1, -0.05) is 30.3 Å². The van der Waals surface area contributed by atoms with Crippen LogP contribution in [0.15, 0.2) is 30.3 Å². The minimum atomic E-state index is -0.267. The second kappa shape index (κ2) is 3.54. The Morgan fingerprint density at radius 2 is 2.00 bits per heavy atom. The van der Waals surface area contributed by atoms with Crippen molar-refractivity contribution in [2.24, 2.45) is 0 Å². The van der Waals surface area contributed by atoms with Crippen LogP contribution in [0.3, 0.4) is 0 Å². The van der Waals surface area contributed by atoms with Crippen LogP contribution in [0.4, 0.5) is 0 Å². The summed E-state index contributed by atoms with van der Waals surface area (Å²) in [6, 6.07) is 9.30. The topological polar surface area (TPSA) is 56.6 Å². The standard InChI is InChI=1S/C8H8N2O/c9-10-8(11)6-7-4-2-1-3-5-7/h1-5,11H,6H2. The molecule has 1 rings (SSSR count). The minimum Gasteiger partial charge on any atom is -0.451 e. The molecule has 0 aliphatic carbocycles. The molecule has 1 aromatic carbocycles. The van der Waals surface area contributed by atoms with E-state index in [0.29, 0.717) is 0 Å². The molecule has 0 fully saturated rings. The lowest BCUT2D eigenvalue weighted by atomic mass is 10.2. The quantitative estimate of drug-likeness (QED) is 0.293. The highest BCUT2D eigenvalue weighted by molar-refractivity contribution is 5.70. The molecule has 0 atom stereocenters. The number of aliphatic hydroxyl groups excluding tert-OH is 1. The van der Waals surface area contributed by atoms with Gasteiger partial charge in [0.25, 0.3) is 0 Å². The Balaban J connectivity index is 2.73. The molecule has 3 nitrogen and oxygen atoms in total. The van der Waals surface area contributed by atoms with E-state index in [1.807, 2.05) is 30.3 Å². The Labute approximate surface area is 64.5 Å². The van der Waals surface area contributed by atoms with Crippen LogP contribution in [0.1, 0.15) is 5.56 Å². The maximum atomic E-state index is 8.81. The number of benzene rings is 1. The Morgan fingerprint density at radius 1 is 1.36 bits per heavy atom. The van der Waals surface area contributed by atoms with Crippen molar-refractivity contribution in [3.63, 3.8) is 0 Å². The van der Waals surface area contributed by atoms with Gasteiger partial charge in [-0.3, -0.25) is 0 Å².